The topological polar surface area (TPSA) is 101 Å². The van der Waals surface area contributed by atoms with Gasteiger partial charge in [0.25, 0.3) is 15.6 Å². The molecule has 3 rings (SSSR count). The number of H-pyrrole nitrogens is 1. The van der Waals surface area contributed by atoms with E-state index in [-0.39, 0.29) is 16.1 Å². The van der Waals surface area contributed by atoms with Crippen LogP contribution in [0.3, 0.4) is 0 Å². The van der Waals surface area contributed by atoms with E-state index in [0.717, 1.165) is 0 Å². The number of benzene rings is 2. The summed E-state index contributed by atoms with van der Waals surface area (Å²) in [6.45, 7) is 1.69. The molecule has 0 atom stereocenters. The van der Waals surface area contributed by atoms with Crippen LogP contribution in [0.15, 0.2) is 58.2 Å². The molecule has 2 N–H and O–H groups in total. The van der Waals surface area contributed by atoms with Crippen molar-refractivity contribution in [3.8, 4) is 17.0 Å². The molecule has 0 aliphatic heterocycles. The van der Waals surface area contributed by atoms with Crippen molar-refractivity contribution in [2.75, 3.05) is 11.8 Å². The Hall–Kier alpha value is -2.84. The third kappa shape index (κ3) is 4.12. The number of ether oxygens (including phenoxy) is 1. The molecule has 0 radical (unpaired) electrons. The smallest absolute Gasteiger partial charge is 0.264 e. The maximum Gasteiger partial charge on any atom is 0.264 e. The van der Waals surface area contributed by atoms with E-state index in [1.165, 1.54) is 31.4 Å². The molecule has 3 aromatic rings. The Morgan fingerprint density at radius 3 is 2.56 bits per heavy atom. The number of hydrogen-bond acceptors (Lipinski definition) is 5. The standard InChI is InChI=1S/C18H16ClN3O4S/c1-11-3-4-12(14-6-8-18(23)21-20-14)9-17(11)27(24,25)22-15-10-13(19)5-7-16(15)26-2/h3-10,22H,1-2H3,(H,21,23). The molecule has 0 saturated carbocycles. The fourth-order valence-corrected chi connectivity index (χ4v) is 4.02. The summed E-state index contributed by atoms with van der Waals surface area (Å²) in [5.74, 6) is 0.346. The van der Waals surface area contributed by atoms with Crippen LogP contribution in [0.25, 0.3) is 11.3 Å². The predicted octanol–water partition coefficient (Wildman–Crippen LogP) is 3.21. The highest BCUT2D eigenvalue weighted by atomic mass is 35.5. The first kappa shape index (κ1) is 18.9. The molecule has 27 heavy (non-hydrogen) atoms. The van der Waals surface area contributed by atoms with E-state index in [0.29, 0.717) is 27.6 Å². The summed E-state index contributed by atoms with van der Waals surface area (Å²) in [7, 11) is -2.48. The van der Waals surface area contributed by atoms with Gasteiger partial charge in [-0.25, -0.2) is 13.5 Å². The van der Waals surface area contributed by atoms with Gasteiger partial charge in [0.05, 0.1) is 23.4 Å². The van der Waals surface area contributed by atoms with Gasteiger partial charge in [0.1, 0.15) is 5.75 Å². The molecule has 9 heteroatoms. The van der Waals surface area contributed by atoms with Crippen molar-refractivity contribution in [2.45, 2.75) is 11.8 Å². The van der Waals surface area contributed by atoms with Crippen LogP contribution in [-0.4, -0.2) is 25.7 Å². The van der Waals surface area contributed by atoms with Crippen molar-refractivity contribution in [3.63, 3.8) is 0 Å². The molecule has 140 valence electrons. The fraction of sp³-hybridized carbons (Fsp3) is 0.111. The van der Waals surface area contributed by atoms with E-state index in [9.17, 15) is 13.2 Å². The largest absolute Gasteiger partial charge is 0.495 e. The first-order valence-corrected chi connectivity index (χ1v) is 9.69. The van der Waals surface area contributed by atoms with Gasteiger partial charge in [-0.2, -0.15) is 5.10 Å². The molecule has 0 amide bonds. The summed E-state index contributed by atoms with van der Waals surface area (Å²) in [5, 5.41) is 6.64. The quantitative estimate of drug-likeness (QED) is 0.678. The van der Waals surface area contributed by atoms with E-state index in [1.54, 1.807) is 31.2 Å². The molecule has 1 heterocycles. The van der Waals surface area contributed by atoms with Crippen molar-refractivity contribution in [1.29, 1.82) is 0 Å². The zero-order valence-corrected chi connectivity index (χ0v) is 16.1. The maximum absolute atomic E-state index is 13.0. The highest BCUT2D eigenvalue weighted by molar-refractivity contribution is 7.92. The van der Waals surface area contributed by atoms with Crippen LogP contribution < -0.4 is 15.0 Å². The van der Waals surface area contributed by atoms with Crippen molar-refractivity contribution < 1.29 is 13.2 Å². The molecule has 0 aliphatic carbocycles. The molecule has 2 aromatic carbocycles. The maximum atomic E-state index is 13.0. The number of nitrogens with zero attached hydrogens (tertiary/aromatic N) is 1. The summed E-state index contributed by atoms with van der Waals surface area (Å²) < 4.78 is 33.6. The first-order chi connectivity index (χ1) is 12.8. The van der Waals surface area contributed by atoms with Crippen LogP contribution in [0.4, 0.5) is 5.69 Å². The number of aryl methyl sites for hydroxylation is 1. The van der Waals surface area contributed by atoms with Gasteiger partial charge >= 0.3 is 0 Å². The molecule has 0 spiro atoms. The molecule has 1 aromatic heterocycles. The van der Waals surface area contributed by atoms with Gasteiger partial charge in [-0.3, -0.25) is 9.52 Å². The van der Waals surface area contributed by atoms with Gasteiger partial charge in [0, 0.05) is 16.7 Å². The molecule has 0 aliphatic rings. The van der Waals surface area contributed by atoms with Gasteiger partial charge in [0.2, 0.25) is 0 Å². The Balaban J connectivity index is 2.04. The fourth-order valence-electron chi connectivity index (χ4n) is 2.51. The zero-order valence-electron chi connectivity index (χ0n) is 14.5. The Labute approximate surface area is 161 Å². The summed E-state index contributed by atoms with van der Waals surface area (Å²) in [5.41, 5.74) is 1.45. The molecule has 0 saturated heterocycles. The van der Waals surface area contributed by atoms with Crippen LogP contribution in [0.1, 0.15) is 5.56 Å². The number of sulfonamides is 1. The van der Waals surface area contributed by atoms with Gasteiger partial charge in [-0.05, 0) is 42.8 Å². The lowest BCUT2D eigenvalue weighted by Gasteiger charge is -2.14. The van der Waals surface area contributed by atoms with Crippen LogP contribution in [0.2, 0.25) is 5.02 Å². The van der Waals surface area contributed by atoms with E-state index < -0.39 is 10.0 Å². The Morgan fingerprint density at radius 2 is 1.89 bits per heavy atom. The van der Waals surface area contributed by atoms with Gasteiger partial charge < -0.3 is 4.74 Å². The highest BCUT2D eigenvalue weighted by Gasteiger charge is 2.20. The second-order valence-corrected chi connectivity index (χ2v) is 7.82. The lowest BCUT2D eigenvalue weighted by atomic mass is 10.1. The number of aromatic amines is 1. The van der Waals surface area contributed by atoms with Gasteiger partial charge in [-0.1, -0.05) is 23.7 Å². The monoisotopic (exact) mass is 405 g/mol. The molecule has 0 fully saturated rings. The summed E-state index contributed by atoms with van der Waals surface area (Å²) >= 11 is 5.97. The van der Waals surface area contributed by atoms with E-state index >= 15 is 0 Å². The Bertz CT molecular complexity index is 1140. The second-order valence-electron chi connectivity index (χ2n) is 5.74. The number of methoxy groups -OCH3 is 1. The van der Waals surface area contributed by atoms with Crippen LogP contribution in [0.5, 0.6) is 5.75 Å². The van der Waals surface area contributed by atoms with E-state index in [2.05, 4.69) is 14.9 Å². The Morgan fingerprint density at radius 1 is 1.11 bits per heavy atom. The number of anilines is 1. The normalized spacial score (nSPS) is 11.2. The van der Waals surface area contributed by atoms with Crippen LogP contribution in [0, 0.1) is 6.92 Å². The van der Waals surface area contributed by atoms with E-state index in [4.69, 9.17) is 16.3 Å². The molecule has 0 bridgehead atoms. The minimum Gasteiger partial charge on any atom is -0.495 e. The van der Waals surface area contributed by atoms with Gasteiger partial charge in [0.15, 0.2) is 0 Å². The summed E-state index contributed by atoms with van der Waals surface area (Å²) in [6, 6.07) is 12.4. The average Bonchev–Trinajstić information content (AvgIpc) is 2.62. The molecule has 7 nitrogen and oxygen atoms in total. The third-order valence-electron chi connectivity index (χ3n) is 3.86. The average molecular weight is 406 g/mol. The summed E-state index contributed by atoms with van der Waals surface area (Å²) in [6.07, 6.45) is 0. The number of hydrogen-bond donors (Lipinski definition) is 2. The van der Waals surface area contributed by atoms with Crippen molar-refractivity contribution in [2.24, 2.45) is 0 Å². The first-order valence-electron chi connectivity index (χ1n) is 7.83. The number of nitrogens with one attached hydrogen (secondary N) is 2. The summed E-state index contributed by atoms with van der Waals surface area (Å²) in [4.78, 5) is 11.3. The number of halogens is 1. The van der Waals surface area contributed by atoms with Crippen LogP contribution >= 0.6 is 11.6 Å². The number of aromatic nitrogens is 2. The number of rotatable bonds is 5. The molecular weight excluding hydrogens is 390 g/mol. The minimum absolute atomic E-state index is 0.0787. The predicted molar refractivity (Wildman–Crippen MR) is 104 cm³/mol. The third-order valence-corrected chi connectivity index (χ3v) is 5.60. The second kappa shape index (κ2) is 7.42. The van der Waals surface area contributed by atoms with Crippen molar-refractivity contribution >= 4 is 27.3 Å². The Kier molecular flexibility index (Phi) is 5.20. The lowest BCUT2D eigenvalue weighted by Crippen LogP contribution is -2.15. The van der Waals surface area contributed by atoms with Crippen LogP contribution in [-0.2, 0) is 10.0 Å². The molecular formula is C18H16ClN3O4S. The molecule has 0 unspecified atom stereocenters. The minimum atomic E-state index is -3.92. The van der Waals surface area contributed by atoms with Gasteiger partial charge in [-0.15, -0.1) is 0 Å². The zero-order chi connectivity index (χ0) is 19.6. The van der Waals surface area contributed by atoms with Crippen molar-refractivity contribution in [3.05, 3.63) is 69.5 Å². The lowest BCUT2D eigenvalue weighted by molar-refractivity contribution is 0.417. The SMILES string of the molecule is COc1ccc(Cl)cc1NS(=O)(=O)c1cc(-c2ccc(=O)[nH]n2)ccc1C. The van der Waals surface area contributed by atoms with E-state index in [1.807, 2.05) is 0 Å². The highest BCUT2D eigenvalue weighted by Crippen LogP contribution is 2.31. The van der Waals surface area contributed by atoms with Crippen molar-refractivity contribution in [1.82, 2.24) is 10.2 Å².